The summed E-state index contributed by atoms with van der Waals surface area (Å²) in [5, 5.41) is 24.4. The number of alkyl halides is 2. The molecule has 1 saturated heterocycles. The topological polar surface area (TPSA) is 189 Å². The van der Waals surface area contributed by atoms with Gasteiger partial charge in [-0.2, -0.15) is 0 Å². The molecule has 1 aliphatic heterocycles. The molecule has 0 saturated carbocycles. The van der Waals surface area contributed by atoms with Crippen LogP contribution in [0.5, 0.6) is 23.0 Å². The van der Waals surface area contributed by atoms with Gasteiger partial charge in [-0.3, -0.25) is 4.79 Å². The van der Waals surface area contributed by atoms with E-state index < -0.39 is 65.2 Å². The molecule has 3 aromatic carbocycles. The summed E-state index contributed by atoms with van der Waals surface area (Å²) in [6.07, 6.45) is -6.22. The quantitative estimate of drug-likeness (QED) is 0.167. The van der Waals surface area contributed by atoms with Gasteiger partial charge in [0.1, 0.15) is 28.9 Å². The van der Waals surface area contributed by atoms with E-state index in [-0.39, 0.29) is 44.9 Å². The van der Waals surface area contributed by atoms with Gasteiger partial charge in [0.05, 0.1) is 11.0 Å². The minimum absolute atomic E-state index is 0.0522. The Morgan fingerprint density at radius 3 is 2.39 bits per heavy atom. The van der Waals surface area contributed by atoms with Gasteiger partial charge >= 0.3 is 11.7 Å². The standard InChI is InChI=1S/C34H34F2N2O11/c1-16-22(46-31-25(40)27(48-32(37)43)28(44-5)33(2,3)49-31)14-13-21-24(39)23(30(42)47-26(16)21)38-29(41)17-7-6-8-20(15-17)45-19-11-9-18(10-12-19)34(4,35)36/h6-15,25,27-28,31,39-40H,1-5H3,(H2,37,43)(H,38,41)/t25-,27+,28-,31-/m1/s1. The van der Waals surface area contributed by atoms with Gasteiger partial charge in [-0.1, -0.05) is 6.07 Å². The van der Waals surface area contributed by atoms with Gasteiger partial charge in [-0.15, -0.1) is 0 Å². The average molecular weight is 685 g/mol. The molecule has 49 heavy (non-hydrogen) atoms. The Morgan fingerprint density at radius 1 is 1.06 bits per heavy atom. The minimum atomic E-state index is -3.01. The van der Waals surface area contributed by atoms with E-state index in [4.69, 9.17) is 33.8 Å². The van der Waals surface area contributed by atoms with E-state index >= 15 is 0 Å². The number of benzene rings is 3. The molecule has 0 aliphatic carbocycles. The number of aliphatic hydroxyl groups is 1. The number of nitrogens with one attached hydrogen (secondary N) is 1. The molecule has 2 amide bonds. The molecule has 4 aromatic rings. The summed E-state index contributed by atoms with van der Waals surface area (Å²) in [5.41, 5.74) is 2.50. The van der Waals surface area contributed by atoms with Crippen LogP contribution >= 0.6 is 0 Å². The number of primary amides is 1. The molecule has 1 fully saturated rings. The van der Waals surface area contributed by atoms with Crippen LogP contribution in [0.15, 0.2) is 69.9 Å². The first-order valence-corrected chi connectivity index (χ1v) is 14.9. The van der Waals surface area contributed by atoms with Crippen molar-refractivity contribution in [3.8, 4) is 23.0 Å². The second-order valence-electron chi connectivity index (χ2n) is 11.9. The summed E-state index contributed by atoms with van der Waals surface area (Å²) in [6, 6.07) is 13.8. The second-order valence-corrected chi connectivity index (χ2v) is 11.9. The molecule has 0 spiro atoms. The SMILES string of the molecule is CO[C@@H]1[C@@H](OC(N)=O)[C@@H](O)[C@H](Oc2ccc3c(O)c(NC(=O)c4cccc(Oc5ccc(C(C)(F)F)cc5)c4)c(=O)oc3c2C)OC1(C)C. The number of rotatable bonds is 9. The number of aryl methyl sites for hydroxylation is 1. The Balaban J connectivity index is 1.36. The molecule has 0 bridgehead atoms. The molecule has 5 rings (SSSR count). The molecule has 0 unspecified atom stereocenters. The molecular formula is C34H34F2N2O11. The van der Waals surface area contributed by atoms with E-state index in [9.17, 15) is 33.4 Å². The number of hydrogen-bond acceptors (Lipinski definition) is 11. The van der Waals surface area contributed by atoms with E-state index in [2.05, 4.69) is 5.32 Å². The molecule has 13 nitrogen and oxygen atoms in total. The number of anilines is 1. The van der Waals surface area contributed by atoms with E-state index in [1.807, 2.05) is 0 Å². The monoisotopic (exact) mass is 684 g/mol. The normalized spacial score (nSPS) is 20.4. The highest BCUT2D eigenvalue weighted by Crippen LogP contribution is 2.39. The zero-order valence-electron chi connectivity index (χ0n) is 27.0. The number of aromatic hydroxyl groups is 1. The number of nitrogens with two attached hydrogens (primary N) is 1. The fraction of sp³-hybridized carbons (Fsp3) is 0.324. The summed E-state index contributed by atoms with van der Waals surface area (Å²) >= 11 is 0. The van der Waals surface area contributed by atoms with Crippen molar-refractivity contribution < 1.29 is 56.7 Å². The Kier molecular flexibility index (Phi) is 9.54. The third kappa shape index (κ3) is 7.28. The van der Waals surface area contributed by atoms with Crippen molar-refractivity contribution in [3.05, 3.63) is 87.8 Å². The lowest BCUT2D eigenvalue weighted by Crippen LogP contribution is -2.65. The van der Waals surface area contributed by atoms with E-state index in [1.54, 1.807) is 19.9 Å². The maximum atomic E-state index is 13.5. The van der Waals surface area contributed by atoms with Gasteiger partial charge in [0.2, 0.25) is 6.29 Å². The lowest BCUT2D eigenvalue weighted by atomic mass is 9.89. The van der Waals surface area contributed by atoms with Crippen LogP contribution in [-0.4, -0.2) is 59.5 Å². The van der Waals surface area contributed by atoms with Crippen molar-refractivity contribution >= 4 is 28.7 Å². The smallest absolute Gasteiger partial charge is 0.404 e. The van der Waals surface area contributed by atoms with Crippen molar-refractivity contribution in [2.45, 2.75) is 63.8 Å². The number of carbonyl (C=O) groups is 2. The highest BCUT2D eigenvalue weighted by molar-refractivity contribution is 6.06. The van der Waals surface area contributed by atoms with Gasteiger partial charge in [0, 0.05) is 30.7 Å². The third-order valence-electron chi connectivity index (χ3n) is 7.95. The first-order chi connectivity index (χ1) is 23.0. The zero-order chi connectivity index (χ0) is 35.8. The van der Waals surface area contributed by atoms with Crippen molar-refractivity contribution in [1.29, 1.82) is 0 Å². The number of amides is 2. The lowest BCUT2D eigenvalue weighted by molar-refractivity contribution is -0.304. The number of methoxy groups -OCH3 is 1. The summed E-state index contributed by atoms with van der Waals surface area (Å²) in [5.74, 6) is -3.82. The van der Waals surface area contributed by atoms with Crippen LogP contribution in [0, 0.1) is 6.92 Å². The Hall–Kier alpha value is -5.25. The Bertz CT molecular complexity index is 1940. The molecule has 5 N–H and O–H groups in total. The van der Waals surface area contributed by atoms with Crippen molar-refractivity contribution in [2.24, 2.45) is 5.73 Å². The fourth-order valence-corrected chi connectivity index (χ4v) is 5.51. The molecule has 1 aromatic heterocycles. The largest absolute Gasteiger partial charge is 0.505 e. The van der Waals surface area contributed by atoms with Crippen LogP contribution in [0.1, 0.15) is 42.3 Å². The Labute approximate surface area is 278 Å². The Morgan fingerprint density at radius 2 is 1.76 bits per heavy atom. The lowest BCUT2D eigenvalue weighted by Gasteiger charge is -2.47. The number of fused-ring (bicyclic) bond motifs is 1. The first-order valence-electron chi connectivity index (χ1n) is 14.9. The third-order valence-corrected chi connectivity index (χ3v) is 7.95. The van der Waals surface area contributed by atoms with Crippen molar-refractivity contribution in [1.82, 2.24) is 0 Å². The van der Waals surface area contributed by atoms with Crippen molar-refractivity contribution in [2.75, 3.05) is 12.4 Å². The maximum absolute atomic E-state index is 13.5. The molecule has 0 radical (unpaired) electrons. The van der Waals surface area contributed by atoms with Crippen LogP contribution in [-0.2, 0) is 20.1 Å². The van der Waals surface area contributed by atoms with Gasteiger partial charge in [0.15, 0.2) is 23.6 Å². The number of hydrogen-bond donors (Lipinski definition) is 4. The van der Waals surface area contributed by atoms with Crippen molar-refractivity contribution in [3.63, 3.8) is 0 Å². The average Bonchev–Trinajstić information content (AvgIpc) is 3.02. The van der Waals surface area contributed by atoms with E-state index in [0.29, 0.717) is 0 Å². The van der Waals surface area contributed by atoms with E-state index in [0.717, 1.165) is 6.92 Å². The number of halogens is 2. The predicted octanol–water partition coefficient (Wildman–Crippen LogP) is 5.32. The summed E-state index contributed by atoms with van der Waals surface area (Å²) < 4.78 is 60.6. The van der Waals surface area contributed by atoms with Crippen LogP contribution in [0.2, 0.25) is 0 Å². The van der Waals surface area contributed by atoms with Crippen LogP contribution in [0.4, 0.5) is 19.3 Å². The van der Waals surface area contributed by atoms with Gasteiger partial charge < -0.3 is 49.4 Å². The van der Waals surface area contributed by atoms with Crippen LogP contribution < -0.4 is 26.1 Å². The predicted molar refractivity (Wildman–Crippen MR) is 170 cm³/mol. The van der Waals surface area contributed by atoms with Crippen LogP contribution in [0.25, 0.3) is 11.0 Å². The second kappa shape index (κ2) is 13.3. The highest BCUT2D eigenvalue weighted by atomic mass is 19.3. The fourth-order valence-electron chi connectivity index (χ4n) is 5.51. The van der Waals surface area contributed by atoms with Gasteiger partial charge in [-0.05, 0) is 75.4 Å². The first kappa shape index (κ1) is 35.1. The number of ether oxygens (including phenoxy) is 5. The molecule has 260 valence electrons. The summed E-state index contributed by atoms with van der Waals surface area (Å²) in [6.45, 7) is 5.59. The zero-order valence-corrected chi connectivity index (χ0v) is 27.0. The summed E-state index contributed by atoms with van der Waals surface area (Å²) in [7, 11) is 1.35. The van der Waals surface area contributed by atoms with E-state index in [1.165, 1.54) is 68.6 Å². The van der Waals surface area contributed by atoms with Gasteiger partial charge in [-0.25, -0.2) is 18.4 Å². The summed E-state index contributed by atoms with van der Waals surface area (Å²) in [4.78, 5) is 37.7. The number of aliphatic hydroxyl groups excluding tert-OH is 1. The minimum Gasteiger partial charge on any atom is -0.505 e. The molecule has 2 heterocycles. The maximum Gasteiger partial charge on any atom is 0.404 e. The molecule has 15 heteroatoms. The molecule has 4 atom stereocenters. The van der Waals surface area contributed by atoms with Crippen LogP contribution in [0.3, 0.4) is 0 Å². The van der Waals surface area contributed by atoms with Gasteiger partial charge in [0.25, 0.3) is 11.8 Å². The highest BCUT2D eigenvalue weighted by Gasteiger charge is 2.53. The molecular weight excluding hydrogens is 650 g/mol. The molecule has 1 aliphatic rings. The number of carbonyl (C=O) groups excluding carboxylic acids is 2.